The summed E-state index contributed by atoms with van der Waals surface area (Å²) in [6, 6.07) is 0. The zero-order valence-corrected chi connectivity index (χ0v) is 11.2. The van der Waals surface area contributed by atoms with Gasteiger partial charge in [-0.25, -0.2) is 4.79 Å². The van der Waals surface area contributed by atoms with Crippen LogP contribution in [0.1, 0.15) is 46.0 Å². The molecule has 0 aromatic heterocycles. The third kappa shape index (κ3) is 2.68. The van der Waals surface area contributed by atoms with Crippen molar-refractivity contribution in [2.24, 2.45) is 17.8 Å². The van der Waals surface area contributed by atoms with E-state index < -0.39 is 6.10 Å². The van der Waals surface area contributed by atoms with Crippen LogP contribution >= 0.6 is 0 Å². The number of hydrogen-bond acceptors (Lipinski definition) is 4. The fraction of sp³-hybridized carbons (Fsp3) is 0.857. The van der Waals surface area contributed by atoms with Crippen molar-refractivity contribution < 1.29 is 19.1 Å². The maximum Gasteiger partial charge on any atom is 0.347 e. The van der Waals surface area contributed by atoms with Crippen LogP contribution in [0.2, 0.25) is 0 Å². The first-order chi connectivity index (χ1) is 8.65. The molecule has 2 rings (SSSR count). The zero-order valence-electron chi connectivity index (χ0n) is 11.2. The number of carbonyl (C=O) groups excluding carboxylic acids is 2. The molecule has 4 atom stereocenters. The van der Waals surface area contributed by atoms with Crippen molar-refractivity contribution in [3.05, 3.63) is 0 Å². The third-order valence-electron chi connectivity index (χ3n) is 4.34. The summed E-state index contributed by atoms with van der Waals surface area (Å²) in [7, 11) is 0. The third-order valence-corrected chi connectivity index (χ3v) is 4.34. The monoisotopic (exact) mass is 254 g/mol. The predicted octanol–water partition coefficient (Wildman–Crippen LogP) is 2.31. The van der Waals surface area contributed by atoms with Crippen LogP contribution in [0.25, 0.3) is 0 Å². The van der Waals surface area contributed by atoms with Gasteiger partial charge in [-0.2, -0.15) is 0 Å². The molecule has 0 bridgehead atoms. The summed E-state index contributed by atoms with van der Waals surface area (Å²) in [4.78, 5) is 23.4. The van der Waals surface area contributed by atoms with Crippen molar-refractivity contribution in [3.63, 3.8) is 0 Å². The van der Waals surface area contributed by atoms with Crippen molar-refractivity contribution in [2.45, 2.75) is 52.1 Å². The Morgan fingerprint density at radius 2 is 2.11 bits per heavy atom. The van der Waals surface area contributed by atoms with Gasteiger partial charge in [-0.1, -0.05) is 26.7 Å². The summed E-state index contributed by atoms with van der Waals surface area (Å²) in [6.45, 7) is 4.66. The van der Waals surface area contributed by atoms with Crippen LogP contribution in [0, 0.1) is 17.8 Å². The van der Waals surface area contributed by atoms with Crippen LogP contribution in [0.4, 0.5) is 0 Å². The van der Waals surface area contributed by atoms with Gasteiger partial charge in [0.1, 0.15) is 0 Å². The molecule has 2 fully saturated rings. The minimum absolute atomic E-state index is 0.0200. The van der Waals surface area contributed by atoms with Gasteiger partial charge in [-0.3, -0.25) is 4.79 Å². The molecule has 1 aliphatic heterocycles. The quantitative estimate of drug-likeness (QED) is 0.722. The van der Waals surface area contributed by atoms with E-state index in [0.29, 0.717) is 24.9 Å². The van der Waals surface area contributed by atoms with E-state index in [0.717, 1.165) is 25.7 Å². The van der Waals surface area contributed by atoms with Crippen LogP contribution < -0.4 is 0 Å². The molecule has 0 aromatic rings. The summed E-state index contributed by atoms with van der Waals surface area (Å²) < 4.78 is 10.1. The Bertz CT molecular complexity index is 326. The first-order valence-electron chi connectivity index (χ1n) is 7.02. The Morgan fingerprint density at radius 3 is 2.67 bits per heavy atom. The average Bonchev–Trinajstić information content (AvgIpc) is 2.96. The van der Waals surface area contributed by atoms with Gasteiger partial charge in [0.05, 0.1) is 12.5 Å². The first kappa shape index (κ1) is 13.4. The number of hydrogen-bond donors (Lipinski definition) is 0. The predicted molar refractivity (Wildman–Crippen MR) is 65.7 cm³/mol. The van der Waals surface area contributed by atoms with Gasteiger partial charge in [-0.15, -0.1) is 0 Å². The van der Waals surface area contributed by atoms with Gasteiger partial charge >= 0.3 is 11.9 Å². The van der Waals surface area contributed by atoms with Crippen LogP contribution in [0.3, 0.4) is 0 Å². The molecule has 0 radical (unpaired) electrons. The Labute approximate surface area is 108 Å². The highest BCUT2D eigenvalue weighted by Gasteiger charge is 2.40. The molecule has 1 heterocycles. The van der Waals surface area contributed by atoms with E-state index in [1.807, 2.05) is 0 Å². The molecule has 1 aliphatic carbocycles. The molecular formula is C14H22O4. The molecule has 0 aromatic carbocycles. The summed E-state index contributed by atoms with van der Waals surface area (Å²) in [6.07, 6.45) is 4.00. The first-order valence-corrected chi connectivity index (χ1v) is 7.02. The molecule has 0 N–H and O–H groups in total. The molecule has 0 amide bonds. The van der Waals surface area contributed by atoms with Gasteiger partial charge in [-0.05, 0) is 24.7 Å². The van der Waals surface area contributed by atoms with E-state index in [1.165, 1.54) is 0 Å². The van der Waals surface area contributed by atoms with Gasteiger partial charge in [0.2, 0.25) is 6.10 Å². The van der Waals surface area contributed by atoms with E-state index in [-0.39, 0.29) is 17.9 Å². The van der Waals surface area contributed by atoms with Crippen molar-refractivity contribution in [1.29, 1.82) is 0 Å². The van der Waals surface area contributed by atoms with Crippen molar-refractivity contribution >= 4 is 11.9 Å². The topological polar surface area (TPSA) is 52.6 Å². The lowest BCUT2D eigenvalue weighted by Gasteiger charge is -2.18. The lowest BCUT2D eigenvalue weighted by molar-refractivity contribution is -0.164. The van der Waals surface area contributed by atoms with Crippen molar-refractivity contribution in [2.75, 3.05) is 6.61 Å². The lowest BCUT2D eigenvalue weighted by Crippen LogP contribution is -2.29. The maximum absolute atomic E-state index is 12.1. The highest BCUT2D eigenvalue weighted by Crippen LogP contribution is 2.40. The highest BCUT2D eigenvalue weighted by molar-refractivity contribution is 5.81. The SMILES string of the molecule is CCC1CC(CC)C(C(=O)OC2CCOC2=O)C1. The molecule has 1 saturated heterocycles. The summed E-state index contributed by atoms with van der Waals surface area (Å²) >= 11 is 0. The standard InChI is InChI=1S/C14H22O4/c1-3-9-7-10(4-2)11(8-9)13(15)18-12-5-6-17-14(12)16/h9-12H,3-8H2,1-2H3. The summed E-state index contributed by atoms with van der Waals surface area (Å²) in [5.41, 5.74) is 0. The largest absolute Gasteiger partial charge is 0.463 e. The van der Waals surface area contributed by atoms with Gasteiger partial charge in [0, 0.05) is 6.42 Å². The minimum Gasteiger partial charge on any atom is -0.463 e. The molecule has 4 heteroatoms. The second-order valence-electron chi connectivity index (χ2n) is 5.40. The van der Waals surface area contributed by atoms with Crippen LogP contribution in [0.15, 0.2) is 0 Å². The zero-order chi connectivity index (χ0) is 13.1. The molecule has 0 spiro atoms. The van der Waals surface area contributed by atoms with E-state index in [2.05, 4.69) is 13.8 Å². The molecular weight excluding hydrogens is 232 g/mol. The average molecular weight is 254 g/mol. The van der Waals surface area contributed by atoms with E-state index in [4.69, 9.17) is 9.47 Å². The Balaban J connectivity index is 1.93. The second-order valence-corrected chi connectivity index (χ2v) is 5.40. The van der Waals surface area contributed by atoms with Crippen molar-refractivity contribution in [3.8, 4) is 0 Å². The van der Waals surface area contributed by atoms with Crippen LogP contribution in [-0.2, 0) is 19.1 Å². The lowest BCUT2D eigenvalue weighted by atomic mass is 9.94. The number of cyclic esters (lactones) is 1. The number of carbonyl (C=O) groups is 2. The normalized spacial score (nSPS) is 35.6. The summed E-state index contributed by atoms with van der Waals surface area (Å²) in [5.74, 6) is 0.444. The fourth-order valence-corrected chi connectivity index (χ4v) is 3.13. The fourth-order valence-electron chi connectivity index (χ4n) is 3.13. The molecule has 2 aliphatic rings. The smallest absolute Gasteiger partial charge is 0.347 e. The maximum atomic E-state index is 12.1. The Morgan fingerprint density at radius 1 is 1.33 bits per heavy atom. The summed E-state index contributed by atoms with van der Waals surface area (Å²) in [5, 5.41) is 0. The molecule has 18 heavy (non-hydrogen) atoms. The number of esters is 2. The van der Waals surface area contributed by atoms with Crippen LogP contribution in [0.5, 0.6) is 0 Å². The Hall–Kier alpha value is -1.06. The number of rotatable bonds is 4. The van der Waals surface area contributed by atoms with Crippen molar-refractivity contribution in [1.82, 2.24) is 0 Å². The number of ether oxygens (including phenoxy) is 2. The minimum atomic E-state index is -0.657. The molecule has 1 saturated carbocycles. The molecule has 102 valence electrons. The molecule has 4 nitrogen and oxygen atoms in total. The van der Waals surface area contributed by atoms with E-state index >= 15 is 0 Å². The molecule has 4 unspecified atom stereocenters. The van der Waals surface area contributed by atoms with Crippen LogP contribution in [-0.4, -0.2) is 24.6 Å². The second kappa shape index (κ2) is 5.72. The van der Waals surface area contributed by atoms with Gasteiger partial charge < -0.3 is 9.47 Å². The van der Waals surface area contributed by atoms with E-state index in [1.54, 1.807) is 0 Å². The van der Waals surface area contributed by atoms with Gasteiger partial charge in [0.25, 0.3) is 0 Å². The van der Waals surface area contributed by atoms with Gasteiger partial charge in [0.15, 0.2) is 0 Å². The highest BCUT2D eigenvalue weighted by atomic mass is 16.6. The van der Waals surface area contributed by atoms with E-state index in [9.17, 15) is 9.59 Å². The Kier molecular flexibility index (Phi) is 4.25.